The van der Waals surface area contributed by atoms with Gasteiger partial charge in [-0.05, 0) is 42.6 Å². The highest BCUT2D eigenvalue weighted by Gasteiger charge is 2.42. The summed E-state index contributed by atoms with van der Waals surface area (Å²) in [5, 5.41) is 2.98. The fourth-order valence-corrected chi connectivity index (χ4v) is 3.26. The van der Waals surface area contributed by atoms with Gasteiger partial charge in [-0.2, -0.15) is 13.2 Å². The highest BCUT2D eigenvalue weighted by Crippen LogP contribution is 2.33. The minimum absolute atomic E-state index is 0.298. The van der Waals surface area contributed by atoms with Crippen LogP contribution in [0.25, 0.3) is 11.1 Å². The van der Waals surface area contributed by atoms with E-state index >= 15 is 0 Å². The number of carbonyl (C=O) groups excluding carboxylic acids is 2. The van der Waals surface area contributed by atoms with Crippen LogP contribution in [0.2, 0.25) is 0 Å². The molecular weight excluding hydrogens is 357 g/mol. The lowest BCUT2D eigenvalue weighted by atomic mass is 9.86. The Morgan fingerprint density at radius 2 is 1.74 bits per heavy atom. The topological polar surface area (TPSA) is 72.2 Å². The second-order valence-corrected chi connectivity index (χ2v) is 6.50. The summed E-state index contributed by atoms with van der Waals surface area (Å²) in [6.45, 7) is 0.577. The summed E-state index contributed by atoms with van der Waals surface area (Å²) in [4.78, 5) is 24.7. The summed E-state index contributed by atoms with van der Waals surface area (Å²) in [7, 11) is 0. The molecule has 2 aromatic rings. The van der Waals surface area contributed by atoms with Gasteiger partial charge in [-0.15, -0.1) is 0 Å². The number of hydrogen-bond acceptors (Lipinski definition) is 3. The molecule has 3 rings (SSSR count). The molecule has 141 valence electrons. The molecule has 1 aliphatic heterocycles. The van der Waals surface area contributed by atoms with E-state index in [1.54, 1.807) is 24.3 Å². The van der Waals surface area contributed by atoms with Gasteiger partial charge in [0.1, 0.15) is 5.54 Å². The summed E-state index contributed by atoms with van der Waals surface area (Å²) >= 11 is 0. The number of hydrogen-bond donors (Lipinski definition) is 2. The second-order valence-electron chi connectivity index (χ2n) is 6.50. The first-order chi connectivity index (χ1) is 12.7. The lowest BCUT2D eigenvalue weighted by Gasteiger charge is -2.24. The summed E-state index contributed by atoms with van der Waals surface area (Å²) in [6, 6.07) is 11.2. The molecule has 7 heteroatoms. The third-order valence-corrected chi connectivity index (χ3v) is 4.72. The van der Waals surface area contributed by atoms with E-state index in [1.165, 1.54) is 18.6 Å². The van der Waals surface area contributed by atoms with Crippen molar-refractivity contribution in [1.82, 2.24) is 5.32 Å². The van der Waals surface area contributed by atoms with E-state index in [0.29, 0.717) is 36.1 Å². The number of carbonyl (C=O) groups is 2. The Labute approximate surface area is 154 Å². The van der Waals surface area contributed by atoms with Crippen molar-refractivity contribution in [3.63, 3.8) is 0 Å². The second kappa shape index (κ2) is 7.15. The monoisotopic (exact) mass is 375 g/mol. The van der Waals surface area contributed by atoms with Crippen LogP contribution in [0.15, 0.2) is 48.5 Å². The average molecular weight is 375 g/mol. The van der Waals surface area contributed by atoms with Crippen molar-refractivity contribution in [1.29, 1.82) is 0 Å². The van der Waals surface area contributed by atoms with Crippen molar-refractivity contribution in [2.45, 2.75) is 24.6 Å². The standard InChI is InChI=1S/C20H18F3N2O2/c21-20(22,23)14-8-6-13(7-9-14)15-4-1-2-5-16(15)17(26)12-19(18(24)27)10-3-11-25-19/h1-2,4-9,12,25H,3,10-11H2,(H2,24,27)/t19-/m1/s1. The molecule has 0 spiro atoms. The van der Waals surface area contributed by atoms with Gasteiger partial charge in [-0.1, -0.05) is 36.4 Å². The van der Waals surface area contributed by atoms with E-state index in [9.17, 15) is 22.8 Å². The highest BCUT2D eigenvalue weighted by atomic mass is 19.4. The number of primary amides is 1. The van der Waals surface area contributed by atoms with E-state index in [1.807, 2.05) is 0 Å². The maximum atomic E-state index is 12.8. The molecule has 3 N–H and O–H groups in total. The number of Topliss-reactive ketones (excluding diaryl/α,β-unsaturated/α-hetero) is 1. The van der Waals surface area contributed by atoms with Crippen molar-refractivity contribution in [2.24, 2.45) is 5.73 Å². The number of ketones is 1. The van der Waals surface area contributed by atoms with Crippen molar-refractivity contribution in [3.05, 3.63) is 66.1 Å². The van der Waals surface area contributed by atoms with Gasteiger partial charge in [0, 0.05) is 5.56 Å². The van der Waals surface area contributed by atoms with Crippen molar-refractivity contribution in [2.75, 3.05) is 6.54 Å². The molecule has 2 aromatic carbocycles. The maximum Gasteiger partial charge on any atom is 0.416 e. The number of nitrogens with one attached hydrogen (secondary N) is 1. The summed E-state index contributed by atoms with van der Waals surface area (Å²) in [5.41, 5.74) is 4.79. The van der Waals surface area contributed by atoms with Crippen LogP contribution >= 0.6 is 0 Å². The minimum atomic E-state index is -4.43. The van der Waals surface area contributed by atoms with Crippen LogP contribution in [-0.2, 0) is 11.0 Å². The lowest BCUT2D eigenvalue weighted by molar-refractivity contribution is -0.137. The molecule has 0 aromatic heterocycles. The number of amides is 1. The molecule has 4 nitrogen and oxygen atoms in total. The molecule has 0 bridgehead atoms. The van der Waals surface area contributed by atoms with Gasteiger partial charge in [0.2, 0.25) is 5.91 Å². The normalized spacial score (nSPS) is 19.8. The van der Waals surface area contributed by atoms with Gasteiger partial charge in [0.25, 0.3) is 0 Å². The Morgan fingerprint density at radius 1 is 1.07 bits per heavy atom. The van der Waals surface area contributed by atoms with Gasteiger partial charge in [0.05, 0.1) is 12.0 Å². The van der Waals surface area contributed by atoms with Crippen LogP contribution in [-0.4, -0.2) is 23.8 Å². The molecule has 1 amide bonds. The molecule has 1 aliphatic rings. The van der Waals surface area contributed by atoms with Crippen molar-refractivity contribution in [3.8, 4) is 11.1 Å². The van der Waals surface area contributed by atoms with E-state index in [4.69, 9.17) is 5.73 Å². The van der Waals surface area contributed by atoms with E-state index < -0.39 is 29.0 Å². The number of alkyl halides is 3. The van der Waals surface area contributed by atoms with E-state index in [0.717, 1.165) is 12.1 Å². The summed E-state index contributed by atoms with van der Waals surface area (Å²) < 4.78 is 38.3. The predicted octanol–water partition coefficient (Wildman–Crippen LogP) is 3.37. The van der Waals surface area contributed by atoms with Crippen molar-refractivity contribution < 1.29 is 22.8 Å². The van der Waals surface area contributed by atoms with Crippen LogP contribution in [0.4, 0.5) is 13.2 Å². The Hall–Kier alpha value is -2.67. The SMILES string of the molecule is NC(=O)[C@]1([CH]C(=O)c2ccccc2-c2ccc(C(F)(F)F)cc2)CCCN1. The van der Waals surface area contributed by atoms with Gasteiger partial charge in [-0.25, -0.2) is 0 Å². The molecule has 27 heavy (non-hydrogen) atoms. The molecule has 1 heterocycles. The predicted molar refractivity (Wildman–Crippen MR) is 94.7 cm³/mol. The minimum Gasteiger partial charge on any atom is -0.368 e. The molecule has 1 saturated heterocycles. The number of nitrogens with two attached hydrogens (primary N) is 1. The lowest BCUT2D eigenvalue weighted by Crippen LogP contribution is -2.53. The molecule has 0 aliphatic carbocycles. The third-order valence-electron chi connectivity index (χ3n) is 4.72. The quantitative estimate of drug-likeness (QED) is 0.787. The number of rotatable bonds is 5. The molecule has 1 radical (unpaired) electrons. The number of halogens is 3. The fourth-order valence-electron chi connectivity index (χ4n) is 3.26. The average Bonchev–Trinajstić information content (AvgIpc) is 3.11. The van der Waals surface area contributed by atoms with Gasteiger partial charge >= 0.3 is 6.18 Å². The Bertz CT molecular complexity index is 854. The zero-order chi connectivity index (χ0) is 19.7. The smallest absolute Gasteiger partial charge is 0.368 e. The Kier molecular flexibility index (Phi) is 5.06. The first-order valence-corrected chi connectivity index (χ1v) is 8.45. The molecule has 0 saturated carbocycles. The fraction of sp³-hybridized carbons (Fsp3) is 0.250. The Morgan fingerprint density at radius 3 is 2.30 bits per heavy atom. The zero-order valence-corrected chi connectivity index (χ0v) is 14.3. The first-order valence-electron chi connectivity index (χ1n) is 8.45. The molecular formula is C20H18F3N2O2. The van der Waals surface area contributed by atoms with Crippen LogP contribution in [0.5, 0.6) is 0 Å². The zero-order valence-electron chi connectivity index (χ0n) is 14.3. The summed E-state index contributed by atoms with van der Waals surface area (Å²) in [5.74, 6) is -1.03. The highest BCUT2D eigenvalue weighted by molar-refractivity contribution is 6.11. The number of benzene rings is 2. The van der Waals surface area contributed by atoms with Crippen molar-refractivity contribution >= 4 is 11.7 Å². The molecule has 1 fully saturated rings. The first kappa shape index (κ1) is 19.1. The van der Waals surface area contributed by atoms with Crippen LogP contribution in [0, 0.1) is 6.42 Å². The maximum absolute atomic E-state index is 12.8. The molecule has 0 unspecified atom stereocenters. The third kappa shape index (κ3) is 3.88. The van der Waals surface area contributed by atoms with E-state index in [-0.39, 0.29) is 0 Å². The van der Waals surface area contributed by atoms with Gasteiger partial charge in [-0.3, -0.25) is 9.59 Å². The Balaban J connectivity index is 1.92. The largest absolute Gasteiger partial charge is 0.416 e. The van der Waals surface area contributed by atoms with Gasteiger partial charge < -0.3 is 11.1 Å². The van der Waals surface area contributed by atoms with Crippen LogP contribution in [0.1, 0.15) is 28.8 Å². The van der Waals surface area contributed by atoms with Gasteiger partial charge in [0.15, 0.2) is 5.78 Å². The van der Waals surface area contributed by atoms with Crippen LogP contribution < -0.4 is 11.1 Å². The molecule has 1 atom stereocenters. The van der Waals surface area contributed by atoms with E-state index in [2.05, 4.69) is 5.32 Å². The summed E-state index contributed by atoms with van der Waals surface area (Å²) in [6.07, 6.45) is -2.00. The van der Waals surface area contributed by atoms with Crippen LogP contribution in [0.3, 0.4) is 0 Å².